The molecule has 0 aliphatic rings. The van der Waals surface area contributed by atoms with E-state index in [0.29, 0.717) is 11.6 Å². The molecule has 4 heteroatoms. The molecule has 0 fully saturated rings. The Kier molecular flexibility index (Phi) is 4.50. The zero-order valence-corrected chi connectivity index (χ0v) is 12.2. The van der Waals surface area contributed by atoms with Crippen LogP contribution in [0.1, 0.15) is 5.56 Å². The van der Waals surface area contributed by atoms with Crippen molar-refractivity contribution in [3.05, 3.63) is 57.5 Å². The maximum Gasteiger partial charge on any atom is 0.135 e. The molecule has 2 nitrogen and oxygen atoms in total. The molecule has 18 heavy (non-hydrogen) atoms. The molecule has 2 aromatic carbocycles. The summed E-state index contributed by atoms with van der Waals surface area (Å²) in [6.45, 7) is 0.489. The number of halogens is 2. The predicted molar refractivity (Wildman–Crippen MR) is 76.5 cm³/mol. The largest absolute Gasteiger partial charge is 0.497 e. The third kappa shape index (κ3) is 3.40. The molecule has 0 atom stereocenters. The van der Waals surface area contributed by atoms with Gasteiger partial charge >= 0.3 is 0 Å². The van der Waals surface area contributed by atoms with Gasteiger partial charge in [0.2, 0.25) is 0 Å². The van der Waals surface area contributed by atoms with Gasteiger partial charge in [0.15, 0.2) is 0 Å². The Morgan fingerprint density at radius 1 is 1.11 bits per heavy atom. The summed E-state index contributed by atoms with van der Waals surface area (Å²) in [5.74, 6) is 1.57. The minimum absolute atomic E-state index is 0.489. The molecule has 0 bridgehead atoms. The molecule has 94 valence electrons. The quantitative estimate of drug-likeness (QED) is 0.811. The fourth-order valence-electron chi connectivity index (χ4n) is 1.47. The van der Waals surface area contributed by atoms with Crippen LogP contribution in [0.4, 0.5) is 0 Å². The highest BCUT2D eigenvalue weighted by Crippen LogP contribution is 2.28. The maximum absolute atomic E-state index is 5.92. The van der Waals surface area contributed by atoms with E-state index in [4.69, 9.17) is 21.1 Å². The first-order valence-electron chi connectivity index (χ1n) is 5.40. The average molecular weight is 328 g/mol. The lowest BCUT2D eigenvalue weighted by molar-refractivity contribution is 0.304. The molecule has 0 saturated carbocycles. The van der Waals surface area contributed by atoms with Gasteiger partial charge < -0.3 is 9.47 Å². The van der Waals surface area contributed by atoms with E-state index >= 15 is 0 Å². The van der Waals surface area contributed by atoms with Crippen LogP contribution in [0, 0.1) is 0 Å². The first-order chi connectivity index (χ1) is 8.69. The molecule has 0 amide bonds. The second-order valence-corrected chi connectivity index (χ2v) is 5.00. The standard InChI is InChI=1S/C14H12BrClO2/c1-17-12-5-2-10(3-6-12)9-18-14-8-11(16)4-7-13(14)15/h2-8H,9H2,1H3. The van der Waals surface area contributed by atoms with Crippen LogP contribution >= 0.6 is 27.5 Å². The van der Waals surface area contributed by atoms with E-state index in [9.17, 15) is 0 Å². The fourth-order valence-corrected chi connectivity index (χ4v) is 1.99. The van der Waals surface area contributed by atoms with Crippen molar-refractivity contribution in [1.29, 1.82) is 0 Å². The van der Waals surface area contributed by atoms with Gasteiger partial charge in [0.25, 0.3) is 0 Å². The van der Waals surface area contributed by atoms with Crippen LogP contribution in [-0.2, 0) is 6.61 Å². The Morgan fingerprint density at radius 3 is 2.50 bits per heavy atom. The van der Waals surface area contributed by atoms with Crippen LogP contribution in [-0.4, -0.2) is 7.11 Å². The molecule has 2 rings (SSSR count). The summed E-state index contributed by atoms with van der Waals surface area (Å²) >= 11 is 9.34. The van der Waals surface area contributed by atoms with Crippen LogP contribution < -0.4 is 9.47 Å². The van der Waals surface area contributed by atoms with E-state index in [2.05, 4.69) is 15.9 Å². The zero-order valence-electron chi connectivity index (χ0n) is 9.82. The summed E-state index contributed by atoms with van der Waals surface area (Å²) in [5, 5.41) is 0.655. The first kappa shape index (κ1) is 13.2. The summed E-state index contributed by atoms with van der Waals surface area (Å²) in [6, 6.07) is 13.2. The van der Waals surface area contributed by atoms with Gasteiger partial charge in [-0.2, -0.15) is 0 Å². The van der Waals surface area contributed by atoms with Gasteiger partial charge in [-0.3, -0.25) is 0 Å². The second-order valence-electron chi connectivity index (χ2n) is 3.71. The van der Waals surface area contributed by atoms with Gasteiger partial charge in [0.1, 0.15) is 18.1 Å². The average Bonchev–Trinajstić information content (AvgIpc) is 2.40. The Morgan fingerprint density at radius 2 is 1.83 bits per heavy atom. The topological polar surface area (TPSA) is 18.5 Å². The van der Waals surface area contributed by atoms with E-state index in [1.807, 2.05) is 36.4 Å². The van der Waals surface area contributed by atoms with Crippen LogP contribution in [0.25, 0.3) is 0 Å². The minimum atomic E-state index is 0.489. The third-order valence-electron chi connectivity index (χ3n) is 2.45. The molecule has 0 spiro atoms. The summed E-state index contributed by atoms with van der Waals surface area (Å²) in [5.41, 5.74) is 1.07. The molecular formula is C14H12BrClO2. The molecule has 0 N–H and O–H groups in total. The van der Waals surface area contributed by atoms with Crippen molar-refractivity contribution >= 4 is 27.5 Å². The van der Waals surface area contributed by atoms with Crippen LogP contribution in [0.15, 0.2) is 46.9 Å². The molecular weight excluding hydrogens is 316 g/mol. The summed E-state index contributed by atoms with van der Waals surface area (Å²) < 4.78 is 11.7. The summed E-state index contributed by atoms with van der Waals surface area (Å²) in [7, 11) is 1.65. The summed E-state index contributed by atoms with van der Waals surface area (Å²) in [4.78, 5) is 0. The third-order valence-corrected chi connectivity index (χ3v) is 3.34. The van der Waals surface area contributed by atoms with Crippen molar-refractivity contribution in [2.24, 2.45) is 0 Å². The number of hydrogen-bond donors (Lipinski definition) is 0. The van der Waals surface area contributed by atoms with Gasteiger partial charge in [-0.1, -0.05) is 23.7 Å². The minimum Gasteiger partial charge on any atom is -0.497 e. The first-order valence-corrected chi connectivity index (χ1v) is 6.57. The molecule has 0 aliphatic heterocycles. The fraction of sp³-hybridized carbons (Fsp3) is 0.143. The van der Waals surface area contributed by atoms with E-state index in [-0.39, 0.29) is 0 Å². The molecule has 0 heterocycles. The van der Waals surface area contributed by atoms with Gasteiger partial charge in [-0.05, 0) is 51.8 Å². The summed E-state index contributed by atoms with van der Waals surface area (Å²) in [6.07, 6.45) is 0. The highest BCUT2D eigenvalue weighted by atomic mass is 79.9. The molecule has 2 aromatic rings. The SMILES string of the molecule is COc1ccc(COc2cc(Cl)ccc2Br)cc1. The van der Waals surface area contributed by atoms with Gasteiger partial charge in [-0.15, -0.1) is 0 Å². The van der Waals surface area contributed by atoms with Gasteiger partial charge in [-0.25, -0.2) is 0 Å². The van der Waals surface area contributed by atoms with E-state index in [0.717, 1.165) is 21.5 Å². The van der Waals surface area contributed by atoms with Crippen molar-refractivity contribution in [3.63, 3.8) is 0 Å². The monoisotopic (exact) mass is 326 g/mol. The number of ether oxygens (including phenoxy) is 2. The van der Waals surface area contributed by atoms with Crippen molar-refractivity contribution < 1.29 is 9.47 Å². The Labute approximate surface area is 120 Å². The lowest BCUT2D eigenvalue weighted by Gasteiger charge is -2.09. The maximum atomic E-state index is 5.92. The highest BCUT2D eigenvalue weighted by molar-refractivity contribution is 9.10. The van der Waals surface area contributed by atoms with Crippen LogP contribution in [0.3, 0.4) is 0 Å². The number of rotatable bonds is 4. The number of methoxy groups -OCH3 is 1. The Hall–Kier alpha value is -1.19. The van der Waals surface area contributed by atoms with E-state index in [1.165, 1.54) is 0 Å². The number of hydrogen-bond acceptors (Lipinski definition) is 2. The lowest BCUT2D eigenvalue weighted by Crippen LogP contribution is -1.96. The normalized spacial score (nSPS) is 10.2. The molecule has 0 saturated heterocycles. The van der Waals surface area contributed by atoms with E-state index in [1.54, 1.807) is 13.2 Å². The Bertz CT molecular complexity index is 526. The molecule has 0 radical (unpaired) electrons. The zero-order chi connectivity index (χ0) is 13.0. The van der Waals surface area contributed by atoms with E-state index < -0.39 is 0 Å². The van der Waals surface area contributed by atoms with Gasteiger partial charge in [0, 0.05) is 5.02 Å². The number of benzene rings is 2. The Balaban J connectivity index is 2.04. The predicted octanol–water partition coefficient (Wildman–Crippen LogP) is 4.69. The lowest BCUT2D eigenvalue weighted by atomic mass is 10.2. The van der Waals surface area contributed by atoms with Crippen molar-refractivity contribution in [1.82, 2.24) is 0 Å². The second kappa shape index (κ2) is 6.12. The highest BCUT2D eigenvalue weighted by Gasteiger charge is 2.02. The van der Waals surface area contributed by atoms with Crippen molar-refractivity contribution in [2.45, 2.75) is 6.61 Å². The molecule has 0 unspecified atom stereocenters. The van der Waals surface area contributed by atoms with Crippen molar-refractivity contribution in [2.75, 3.05) is 7.11 Å². The van der Waals surface area contributed by atoms with Crippen LogP contribution in [0.2, 0.25) is 5.02 Å². The van der Waals surface area contributed by atoms with Crippen LogP contribution in [0.5, 0.6) is 11.5 Å². The molecule has 0 aliphatic carbocycles. The molecule has 0 aromatic heterocycles. The van der Waals surface area contributed by atoms with Crippen molar-refractivity contribution in [3.8, 4) is 11.5 Å². The smallest absolute Gasteiger partial charge is 0.135 e. The van der Waals surface area contributed by atoms with Gasteiger partial charge in [0.05, 0.1) is 11.6 Å².